The summed E-state index contributed by atoms with van der Waals surface area (Å²) in [5, 5.41) is 12.4. The average molecular weight is 477 g/mol. The van der Waals surface area contributed by atoms with E-state index in [1.165, 1.54) is 11.0 Å². The minimum atomic E-state index is -0.961. The number of urea groups is 1. The number of carboxylic acids is 1. The number of allylic oxidation sites excluding steroid dienone is 1. The van der Waals surface area contributed by atoms with E-state index in [0.29, 0.717) is 21.3 Å². The van der Waals surface area contributed by atoms with Gasteiger partial charge in [0.05, 0.1) is 11.6 Å². The fourth-order valence-corrected chi connectivity index (χ4v) is 3.99. The second-order valence-electron chi connectivity index (χ2n) is 7.26. The van der Waals surface area contributed by atoms with Gasteiger partial charge < -0.3 is 15.2 Å². The lowest BCUT2D eigenvalue weighted by atomic mass is 9.94. The van der Waals surface area contributed by atoms with Crippen LogP contribution in [0.15, 0.2) is 59.8 Å². The van der Waals surface area contributed by atoms with Gasteiger partial charge in [0.1, 0.15) is 6.61 Å². The Morgan fingerprint density at radius 3 is 2.53 bits per heavy atom. The summed E-state index contributed by atoms with van der Waals surface area (Å²) in [5.74, 6) is -1.57. The summed E-state index contributed by atoms with van der Waals surface area (Å²) < 4.78 is 5.54. The molecule has 0 fully saturated rings. The summed E-state index contributed by atoms with van der Waals surface area (Å²) in [5.41, 5.74) is 1.92. The first-order chi connectivity index (χ1) is 15.3. The van der Waals surface area contributed by atoms with Gasteiger partial charge in [-0.2, -0.15) is 0 Å². The summed E-state index contributed by atoms with van der Waals surface area (Å²) in [7, 11) is 0. The maximum Gasteiger partial charge on any atom is 0.338 e. The Balaban J connectivity index is 1.94. The first kappa shape index (κ1) is 23.6. The highest BCUT2D eigenvalue weighted by Gasteiger charge is 2.37. The molecule has 0 spiro atoms. The number of nitrogens with zero attached hydrogens (tertiary/aromatic N) is 1. The van der Waals surface area contributed by atoms with Gasteiger partial charge in [-0.15, -0.1) is 0 Å². The lowest BCUT2D eigenvalue weighted by Crippen LogP contribution is -2.48. The van der Waals surface area contributed by atoms with Crippen molar-refractivity contribution >= 4 is 41.2 Å². The topological polar surface area (TPSA) is 95.9 Å². The van der Waals surface area contributed by atoms with Crippen LogP contribution in [0.4, 0.5) is 4.79 Å². The number of rotatable bonds is 8. The monoisotopic (exact) mass is 476 g/mol. The molecule has 1 heterocycles. The zero-order chi connectivity index (χ0) is 23.3. The third kappa shape index (κ3) is 5.60. The van der Waals surface area contributed by atoms with Gasteiger partial charge >= 0.3 is 18.0 Å². The van der Waals surface area contributed by atoms with Crippen molar-refractivity contribution in [3.05, 3.63) is 81.0 Å². The Kier molecular flexibility index (Phi) is 7.77. The van der Waals surface area contributed by atoms with Crippen LogP contribution < -0.4 is 5.32 Å². The Bertz CT molecular complexity index is 1060. The fourth-order valence-electron chi connectivity index (χ4n) is 3.47. The van der Waals surface area contributed by atoms with E-state index in [2.05, 4.69) is 5.32 Å². The molecule has 0 saturated heterocycles. The molecule has 2 aromatic carbocycles. The van der Waals surface area contributed by atoms with Crippen molar-refractivity contribution in [1.82, 2.24) is 10.2 Å². The SMILES string of the molecule is CC1=C(C(=O)OCc2ccccc2)[C@H](c2ccc(Cl)cc2Cl)NC(=O)N1CCCC(=O)O. The molecule has 32 heavy (non-hydrogen) atoms. The van der Waals surface area contributed by atoms with Gasteiger partial charge in [-0.05, 0) is 36.6 Å². The van der Waals surface area contributed by atoms with Gasteiger partial charge in [0.2, 0.25) is 0 Å². The number of carbonyl (C=O) groups excluding carboxylic acids is 2. The van der Waals surface area contributed by atoms with E-state index < -0.39 is 24.0 Å². The molecule has 2 aromatic rings. The highest BCUT2D eigenvalue weighted by Crippen LogP contribution is 2.36. The molecule has 9 heteroatoms. The van der Waals surface area contributed by atoms with Crippen LogP contribution in [0.1, 0.15) is 36.9 Å². The predicted octanol–water partition coefficient (Wildman–Crippen LogP) is 4.94. The number of halogens is 2. The Morgan fingerprint density at radius 2 is 1.88 bits per heavy atom. The van der Waals surface area contributed by atoms with Crippen molar-refractivity contribution in [1.29, 1.82) is 0 Å². The van der Waals surface area contributed by atoms with Crippen molar-refractivity contribution in [3.8, 4) is 0 Å². The summed E-state index contributed by atoms with van der Waals surface area (Å²) in [6.45, 7) is 1.83. The van der Waals surface area contributed by atoms with Gasteiger partial charge in [-0.25, -0.2) is 9.59 Å². The fraction of sp³-hybridized carbons (Fsp3) is 0.261. The molecule has 1 aliphatic heterocycles. The molecular weight excluding hydrogens is 455 g/mol. The van der Waals surface area contributed by atoms with Crippen LogP contribution >= 0.6 is 23.2 Å². The molecule has 1 aliphatic rings. The van der Waals surface area contributed by atoms with E-state index in [9.17, 15) is 14.4 Å². The van der Waals surface area contributed by atoms with E-state index in [1.807, 2.05) is 30.3 Å². The summed E-state index contributed by atoms with van der Waals surface area (Å²) in [6.07, 6.45) is 0.135. The molecule has 0 aromatic heterocycles. The van der Waals surface area contributed by atoms with E-state index in [4.69, 9.17) is 33.0 Å². The van der Waals surface area contributed by atoms with Crippen molar-refractivity contribution in [3.63, 3.8) is 0 Å². The van der Waals surface area contributed by atoms with Crippen LogP contribution in [0.5, 0.6) is 0 Å². The molecule has 3 rings (SSSR count). The van der Waals surface area contributed by atoms with Crippen molar-refractivity contribution in [2.75, 3.05) is 6.54 Å². The van der Waals surface area contributed by atoms with Gasteiger partial charge in [0.25, 0.3) is 0 Å². The minimum Gasteiger partial charge on any atom is -0.481 e. The number of hydrogen-bond donors (Lipinski definition) is 2. The van der Waals surface area contributed by atoms with Gasteiger partial charge in [-0.1, -0.05) is 59.6 Å². The van der Waals surface area contributed by atoms with E-state index in [1.54, 1.807) is 19.1 Å². The number of hydrogen-bond acceptors (Lipinski definition) is 4. The number of ether oxygens (including phenoxy) is 1. The molecular formula is C23H22Cl2N2O5. The second-order valence-corrected chi connectivity index (χ2v) is 8.10. The second kappa shape index (κ2) is 10.5. The van der Waals surface area contributed by atoms with Gasteiger partial charge in [0.15, 0.2) is 0 Å². The van der Waals surface area contributed by atoms with Crippen molar-refractivity contribution < 1.29 is 24.2 Å². The zero-order valence-electron chi connectivity index (χ0n) is 17.3. The number of nitrogens with one attached hydrogen (secondary N) is 1. The maximum atomic E-state index is 13.2. The van der Waals surface area contributed by atoms with Gasteiger partial charge in [0, 0.05) is 28.7 Å². The lowest BCUT2D eigenvalue weighted by Gasteiger charge is -2.35. The lowest BCUT2D eigenvalue weighted by molar-refractivity contribution is -0.141. The van der Waals surface area contributed by atoms with Crippen LogP contribution in [0.25, 0.3) is 0 Å². The number of carbonyl (C=O) groups is 3. The Hall–Kier alpha value is -3.03. The molecule has 0 radical (unpaired) electrons. The van der Waals surface area contributed by atoms with Crippen molar-refractivity contribution in [2.24, 2.45) is 0 Å². The summed E-state index contributed by atoms with van der Waals surface area (Å²) in [6, 6.07) is 12.7. The molecule has 0 aliphatic carbocycles. The number of esters is 1. The van der Waals surface area contributed by atoms with Gasteiger partial charge in [-0.3, -0.25) is 9.69 Å². The van der Waals surface area contributed by atoms with E-state index in [0.717, 1.165) is 5.56 Å². The standard InChI is InChI=1S/C23H22Cl2N2O5/c1-14-20(22(30)32-13-15-6-3-2-4-7-15)21(17-10-9-16(24)12-18(17)25)26-23(31)27(14)11-5-8-19(28)29/h2-4,6-7,9-10,12,21H,5,8,11,13H2,1H3,(H,26,31)(H,28,29)/t21-/m0/s1. The molecule has 2 N–H and O–H groups in total. The molecule has 7 nitrogen and oxygen atoms in total. The van der Waals surface area contributed by atoms with E-state index >= 15 is 0 Å². The third-order valence-electron chi connectivity index (χ3n) is 5.07. The smallest absolute Gasteiger partial charge is 0.338 e. The van der Waals surface area contributed by atoms with Crippen LogP contribution in [-0.4, -0.2) is 34.5 Å². The summed E-state index contributed by atoms with van der Waals surface area (Å²) >= 11 is 12.4. The number of aliphatic carboxylic acids is 1. The normalized spacial score (nSPS) is 16.0. The zero-order valence-corrected chi connectivity index (χ0v) is 18.8. The number of benzene rings is 2. The molecule has 1 atom stereocenters. The largest absolute Gasteiger partial charge is 0.481 e. The van der Waals surface area contributed by atoms with Crippen LogP contribution in [0, 0.1) is 0 Å². The van der Waals surface area contributed by atoms with Crippen LogP contribution in [0.2, 0.25) is 10.0 Å². The first-order valence-corrected chi connectivity index (χ1v) is 10.7. The number of amides is 2. The minimum absolute atomic E-state index is 0.0600. The average Bonchev–Trinajstić information content (AvgIpc) is 2.74. The third-order valence-corrected chi connectivity index (χ3v) is 5.64. The Labute approximate surface area is 195 Å². The summed E-state index contributed by atoms with van der Waals surface area (Å²) in [4.78, 5) is 38.2. The van der Waals surface area contributed by atoms with Crippen molar-refractivity contribution in [2.45, 2.75) is 32.4 Å². The molecule has 2 amide bonds. The Morgan fingerprint density at radius 1 is 1.16 bits per heavy atom. The predicted molar refractivity (Wildman–Crippen MR) is 120 cm³/mol. The van der Waals surface area contributed by atoms with Crippen LogP contribution in [-0.2, 0) is 20.9 Å². The molecule has 0 saturated carbocycles. The molecule has 168 valence electrons. The maximum absolute atomic E-state index is 13.2. The quantitative estimate of drug-likeness (QED) is 0.525. The van der Waals surface area contributed by atoms with E-state index in [-0.39, 0.29) is 31.6 Å². The molecule has 0 unspecified atom stereocenters. The number of carboxylic acid groups (broad SMARTS) is 1. The highest BCUT2D eigenvalue weighted by atomic mass is 35.5. The first-order valence-electron chi connectivity index (χ1n) is 9.94. The highest BCUT2D eigenvalue weighted by molar-refractivity contribution is 6.35. The van der Waals surface area contributed by atoms with Crippen LogP contribution in [0.3, 0.4) is 0 Å². The molecule has 0 bridgehead atoms.